The Morgan fingerprint density at radius 1 is 1.33 bits per heavy atom. The predicted molar refractivity (Wildman–Crippen MR) is 62.6 cm³/mol. The number of piperidine rings is 1. The molecule has 0 bridgehead atoms. The topological polar surface area (TPSA) is 63.5 Å². The fourth-order valence-electron chi connectivity index (χ4n) is 2.03. The van der Waals surface area contributed by atoms with Crippen LogP contribution < -0.4 is 0 Å². The summed E-state index contributed by atoms with van der Waals surface area (Å²) in [5, 5.41) is 10.6. The summed E-state index contributed by atoms with van der Waals surface area (Å²) >= 11 is 0. The van der Waals surface area contributed by atoms with Crippen molar-refractivity contribution in [1.82, 2.24) is 4.90 Å². The van der Waals surface area contributed by atoms with Crippen LogP contribution in [0.2, 0.25) is 0 Å². The van der Waals surface area contributed by atoms with Crippen LogP contribution in [0.4, 0.5) is 10.1 Å². The summed E-state index contributed by atoms with van der Waals surface area (Å²) in [6, 6.07) is 4.17. The number of halogens is 1. The first-order valence-electron chi connectivity index (χ1n) is 5.74. The fraction of sp³-hybridized carbons (Fsp3) is 0.417. The number of ketones is 1. The van der Waals surface area contributed by atoms with E-state index in [4.69, 9.17) is 0 Å². The van der Waals surface area contributed by atoms with Gasteiger partial charge in [0, 0.05) is 44.1 Å². The molecule has 0 unspecified atom stereocenters. The number of likely N-dealkylation sites (tertiary alicyclic amines) is 1. The Kier molecular flexibility index (Phi) is 3.66. The quantitative estimate of drug-likeness (QED) is 0.608. The summed E-state index contributed by atoms with van der Waals surface area (Å²) in [7, 11) is 0. The molecule has 0 N–H and O–H groups in total. The largest absolute Gasteiger partial charge is 0.305 e. The summed E-state index contributed by atoms with van der Waals surface area (Å²) < 4.78 is 13.8. The second-order valence-electron chi connectivity index (χ2n) is 4.32. The van der Waals surface area contributed by atoms with Crippen molar-refractivity contribution in [3.63, 3.8) is 0 Å². The van der Waals surface area contributed by atoms with Gasteiger partial charge in [0.25, 0.3) is 0 Å². The molecule has 1 aromatic carbocycles. The molecule has 1 fully saturated rings. The van der Waals surface area contributed by atoms with Gasteiger partial charge in [0.05, 0.1) is 4.92 Å². The SMILES string of the molecule is O=C1CCN(Cc2cccc([N+](=O)[O-])c2F)CC1. The molecule has 0 aliphatic carbocycles. The lowest BCUT2D eigenvalue weighted by molar-refractivity contribution is -0.387. The van der Waals surface area contributed by atoms with Crippen molar-refractivity contribution >= 4 is 11.5 Å². The van der Waals surface area contributed by atoms with Crippen molar-refractivity contribution in [2.75, 3.05) is 13.1 Å². The Hall–Kier alpha value is -1.82. The number of hydrogen-bond acceptors (Lipinski definition) is 4. The molecule has 0 amide bonds. The van der Waals surface area contributed by atoms with Crippen molar-refractivity contribution in [3.05, 3.63) is 39.7 Å². The van der Waals surface area contributed by atoms with Gasteiger partial charge in [0.15, 0.2) is 0 Å². The first-order valence-corrected chi connectivity index (χ1v) is 5.74. The molecule has 0 radical (unpaired) electrons. The fourth-order valence-corrected chi connectivity index (χ4v) is 2.03. The number of carbonyl (C=O) groups is 1. The lowest BCUT2D eigenvalue weighted by atomic mass is 10.1. The number of nitro groups is 1. The van der Waals surface area contributed by atoms with Crippen LogP contribution in [0.5, 0.6) is 0 Å². The van der Waals surface area contributed by atoms with Gasteiger partial charge >= 0.3 is 5.69 Å². The molecule has 1 saturated heterocycles. The molecule has 0 saturated carbocycles. The van der Waals surface area contributed by atoms with Crippen LogP contribution in [0.25, 0.3) is 0 Å². The van der Waals surface area contributed by atoms with Crippen LogP contribution in [0.1, 0.15) is 18.4 Å². The van der Waals surface area contributed by atoms with Crippen LogP contribution in [-0.2, 0) is 11.3 Å². The van der Waals surface area contributed by atoms with Crippen molar-refractivity contribution in [1.29, 1.82) is 0 Å². The number of nitrogens with zero attached hydrogens (tertiary/aromatic N) is 2. The lowest BCUT2D eigenvalue weighted by Gasteiger charge is -2.25. The normalized spacial score (nSPS) is 16.8. The van der Waals surface area contributed by atoms with Crippen LogP contribution in [0.3, 0.4) is 0 Å². The average molecular weight is 252 g/mol. The number of carbonyl (C=O) groups excluding carboxylic acids is 1. The predicted octanol–water partition coefficient (Wildman–Crippen LogP) is 1.90. The van der Waals surface area contributed by atoms with Gasteiger partial charge in [-0.25, -0.2) is 0 Å². The Labute approximate surface area is 103 Å². The second kappa shape index (κ2) is 5.22. The van der Waals surface area contributed by atoms with Gasteiger partial charge in [-0.1, -0.05) is 12.1 Å². The Morgan fingerprint density at radius 3 is 2.61 bits per heavy atom. The second-order valence-corrected chi connectivity index (χ2v) is 4.32. The number of Topliss-reactive ketones (excluding diaryl/α,β-unsaturated/α-hetero) is 1. The highest BCUT2D eigenvalue weighted by atomic mass is 19.1. The van der Waals surface area contributed by atoms with E-state index >= 15 is 0 Å². The Balaban J connectivity index is 2.12. The number of benzene rings is 1. The van der Waals surface area contributed by atoms with Crippen LogP contribution in [-0.4, -0.2) is 28.7 Å². The third-order valence-corrected chi connectivity index (χ3v) is 3.06. The van der Waals surface area contributed by atoms with Gasteiger partial charge in [-0.2, -0.15) is 4.39 Å². The van der Waals surface area contributed by atoms with E-state index in [0.717, 1.165) is 6.07 Å². The highest BCUT2D eigenvalue weighted by molar-refractivity contribution is 5.79. The van der Waals surface area contributed by atoms with E-state index in [9.17, 15) is 19.3 Å². The number of hydrogen-bond donors (Lipinski definition) is 0. The maximum absolute atomic E-state index is 13.8. The highest BCUT2D eigenvalue weighted by Crippen LogP contribution is 2.22. The zero-order chi connectivity index (χ0) is 13.1. The van der Waals surface area contributed by atoms with Crippen LogP contribution in [0.15, 0.2) is 18.2 Å². The van der Waals surface area contributed by atoms with Gasteiger partial charge in [0.1, 0.15) is 5.78 Å². The number of rotatable bonds is 3. The monoisotopic (exact) mass is 252 g/mol. The molecule has 6 heteroatoms. The van der Waals surface area contributed by atoms with E-state index in [-0.39, 0.29) is 5.78 Å². The minimum Gasteiger partial charge on any atom is -0.300 e. The Bertz CT molecular complexity index is 480. The summed E-state index contributed by atoms with van der Waals surface area (Å²) in [4.78, 5) is 22.9. The molecule has 0 aromatic heterocycles. The molecule has 0 atom stereocenters. The molecule has 2 rings (SSSR count). The number of nitro benzene ring substituents is 1. The molecule has 1 aromatic rings. The summed E-state index contributed by atoms with van der Waals surface area (Å²) in [5.74, 6) is -0.565. The standard InChI is InChI=1S/C12H13FN2O3/c13-12-9(2-1-3-11(12)15(17)18)8-14-6-4-10(16)5-7-14/h1-3H,4-8H2. The third-order valence-electron chi connectivity index (χ3n) is 3.06. The van der Waals surface area contributed by atoms with Crippen molar-refractivity contribution in [2.24, 2.45) is 0 Å². The summed E-state index contributed by atoms with van der Waals surface area (Å²) in [5.41, 5.74) is -0.195. The smallest absolute Gasteiger partial charge is 0.300 e. The zero-order valence-electron chi connectivity index (χ0n) is 9.76. The van der Waals surface area contributed by atoms with Crippen LogP contribution in [0, 0.1) is 15.9 Å². The molecule has 96 valence electrons. The molecule has 0 spiro atoms. The summed E-state index contributed by atoms with van der Waals surface area (Å²) in [6.07, 6.45) is 0.938. The van der Waals surface area contributed by atoms with Gasteiger partial charge in [-0.15, -0.1) is 0 Å². The molecule has 18 heavy (non-hydrogen) atoms. The minimum atomic E-state index is -0.778. The van der Waals surface area contributed by atoms with E-state index in [1.54, 1.807) is 6.07 Å². The molecule has 1 heterocycles. The highest BCUT2D eigenvalue weighted by Gasteiger charge is 2.21. The van der Waals surface area contributed by atoms with Gasteiger partial charge in [-0.3, -0.25) is 19.8 Å². The summed E-state index contributed by atoms with van der Waals surface area (Å²) in [6.45, 7) is 1.47. The van der Waals surface area contributed by atoms with Gasteiger partial charge in [-0.05, 0) is 0 Å². The molecule has 5 nitrogen and oxygen atoms in total. The third kappa shape index (κ3) is 2.70. The molecule has 1 aliphatic rings. The maximum atomic E-state index is 13.8. The first kappa shape index (κ1) is 12.6. The van der Waals surface area contributed by atoms with E-state index in [1.165, 1.54) is 6.07 Å². The van der Waals surface area contributed by atoms with Crippen molar-refractivity contribution in [3.8, 4) is 0 Å². The van der Waals surface area contributed by atoms with E-state index in [2.05, 4.69) is 0 Å². The van der Waals surface area contributed by atoms with E-state index in [1.807, 2.05) is 4.90 Å². The van der Waals surface area contributed by atoms with Gasteiger partial charge in [0.2, 0.25) is 5.82 Å². The van der Waals surface area contributed by atoms with E-state index in [0.29, 0.717) is 38.0 Å². The lowest BCUT2D eigenvalue weighted by Crippen LogP contribution is -2.33. The van der Waals surface area contributed by atoms with E-state index < -0.39 is 16.4 Å². The van der Waals surface area contributed by atoms with Crippen molar-refractivity contribution in [2.45, 2.75) is 19.4 Å². The van der Waals surface area contributed by atoms with Gasteiger partial charge < -0.3 is 0 Å². The first-order chi connectivity index (χ1) is 8.58. The molecular weight excluding hydrogens is 239 g/mol. The molecular formula is C12H13FN2O3. The molecule has 1 aliphatic heterocycles. The average Bonchev–Trinajstić information content (AvgIpc) is 2.34. The zero-order valence-corrected chi connectivity index (χ0v) is 9.76. The maximum Gasteiger partial charge on any atom is 0.305 e. The van der Waals surface area contributed by atoms with Crippen LogP contribution >= 0.6 is 0 Å². The minimum absolute atomic E-state index is 0.214. The Morgan fingerprint density at radius 2 is 2.00 bits per heavy atom. The van der Waals surface area contributed by atoms with Crippen molar-refractivity contribution < 1.29 is 14.1 Å².